The number of hydrogen-bond acceptors (Lipinski definition) is 5. The zero-order chi connectivity index (χ0) is 19.9. The highest BCUT2D eigenvalue weighted by molar-refractivity contribution is 7.91. The molecule has 1 saturated heterocycles. The van der Waals surface area contributed by atoms with Crippen molar-refractivity contribution < 1.29 is 13.2 Å². The van der Waals surface area contributed by atoms with Gasteiger partial charge in [0, 0.05) is 17.1 Å². The molecule has 7 nitrogen and oxygen atoms in total. The Balaban J connectivity index is 1.63. The number of aromatic nitrogens is 2. The van der Waals surface area contributed by atoms with Crippen LogP contribution in [0.5, 0.6) is 0 Å². The third-order valence-electron chi connectivity index (χ3n) is 5.70. The van der Waals surface area contributed by atoms with Gasteiger partial charge in [0.25, 0.3) is 5.56 Å². The molecule has 2 fully saturated rings. The van der Waals surface area contributed by atoms with Gasteiger partial charge in [-0.05, 0) is 37.5 Å². The molecule has 0 N–H and O–H groups in total. The first-order chi connectivity index (χ1) is 13.3. The minimum absolute atomic E-state index is 0.00964. The molecular formula is C19H22ClN3O4S. The second kappa shape index (κ2) is 7.48. The quantitative estimate of drug-likeness (QED) is 0.750. The molecule has 1 aliphatic heterocycles. The molecule has 28 heavy (non-hydrogen) atoms. The molecule has 1 saturated carbocycles. The van der Waals surface area contributed by atoms with Crippen LogP contribution in [0.3, 0.4) is 0 Å². The van der Waals surface area contributed by atoms with Crippen LogP contribution in [0.4, 0.5) is 0 Å². The normalized spacial score (nSPS) is 22.0. The van der Waals surface area contributed by atoms with Crippen molar-refractivity contribution in [1.29, 1.82) is 0 Å². The first-order valence-electron chi connectivity index (χ1n) is 9.50. The Kier molecular flexibility index (Phi) is 5.18. The minimum Gasteiger partial charge on any atom is -0.334 e. The van der Waals surface area contributed by atoms with Gasteiger partial charge >= 0.3 is 0 Å². The van der Waals surface area contributed by atoms with Gasteiger partial charge in [-0.25, -0.2) is 13.4 Å². The number of carbonyl (C=O) groups excluding carboxylic acids is 1. The average Bonchev–Trinajstić information content (AvgIpc) is 3.28. The molecule has 1 unspecified atom stereocenters. The first kappa shape index (κ1) is 19.4. The van der Waals surface area contributed by atoms with Crippen LogP contribution in [0, 0.1) is 0 Å². The van der Waals surface area contributed by atoms with E-state index in [0.717, 1.165) is 25.7 Å². The van der Waals surface area contributed by atoms with Crippen LogP contribution >= 0.6 is 11.6 Å². The zero-order valence-corrected chi connectivity index (χ0v) is 17.0. The fourth-order valence-corrected chi connectivity index (χ4v) is 6.24. The second-order valence-electron chi connectivity index (χ2n) is 7.64. The number of benzene rings is 1. The summed E-state index contributed by atoms with van der Waals surface area (Å²) in [7, 11) is -3.11. The smallest absolute Gasteiger partial charge is 0.261 e. The summed E-state index contributed by atoms with van der Waals surface area (Å²) < 4.78 is 25.2. The fraction of sp³-hybridized carbons (Fsp3) is 0.526. The van der Waals surface area contributed by atoms with Crippen molar-refractivity contribution in [2.45, 2.75) is 50.7 Å². The van der Waals surface area contributed by atoms with E-state index in [2.05, 4.69) is 4.98 Å². The lowest BCUT2D eigenvalue weighted by atomic mass is 10.1. The standard InChI is InChI=1S/C19H22ClN3O4S/c20-13-5-6-17-16(9-13)19(25)22(12-21-17)10-18(24)23(14-3-1-2-4-14)15-7-8-28(26,27)11-15/h5-6,9,12,14-15H,1-4,7-8,10-11H2. The monoisotopic (exact) mass is 423 g/mol. The van der Waals surface area contributed by atoms with Crippen molar-refractivity contribution >= 4 is 38.2 Å². The Bertz CT molecular complexity index is 1080. The summed E-state index contributed by atoms with van der Waals surface area (Å²) in [5.41, 5.74) is 0.193. The molecule has 150 valence electrons. The third-order valence-corrected chi connectivity index (χ3v) is 7.68. The van der Waals surface area contributed by atoms with Crippen LogP contribution in [0.25, 0.3) is 10.9 Å². The third kappa shape index (κ3) is 3.80. The van der Waals surface area contributed by atoms with Crippen LogP contribution in [-0.2, 0) is 21.2 Å². The van der Waals surface area contributed by atoms with Gasteiger partial charge in [-0.2, -0.15) is 0 Å². The lowest BCUT2D eigenvalue weighted by Crippen LogP contribution is -2.49. The molecule has 1 atom stereocenters. The van der Waals surface area contributed by atoms with Crippen LogP contribution in [-0.4, -0.2) is 52.4 Å². The van der Waals surface area contributed by atoms with Gasteiger partial charge in [-0.15, -0.1) is 0 Å². The van der Waals surface area contributed by atoms with Gasteiger partial charge in [0.2, 0.25) is 5.91 Å². The lowest BCUT2D eigenvalue weighted by molar-refractivity contribution is -0.136. The van der Waals surface area contributed by atoms with Crippen molar-refractivity contribution in [3.63, 3.8) is 0 Å². The average molecular weight is 424 g/mol. The summed E-state index contributed by atoms with van der Waals surface area (Å²) in [5.74, 6) is -0.0980. The molecule has 0 spiro atoms. The van der Waals surface area contributed by atoms with E-state index in [4.69, 9.17) is 11.6 Å². The van der Waals surface area contributed by atoms with Crippen molar-refractivity contribution in [3.8, 4) is 0 Å². The van der Waals surface area contributed by atoms with Crippen molar-refractivity contribution in [1.82, 2.24) is 14.5 Å². The van der Waals surface area contributed by atoms with E-state index in [1.54, 1.807) is 23.1 Å². The number of hydrogen-bond donors (Lipinski definition) is 0. The van der Waals surface area contributed by atoms with Crippen LogP contribution in [0.2, 0.25) is 5.02 Å². The number of sulfone groups is 1. The summed E-state index contributed by atoms with van der Waals surface area (Å²) in [6.45, 7) is -0.151. The van der Waals surface area contributed by atoms with E-state index < -0.39 is 9.84 Å². The summed E-state index contributed by atoms with van der Waals surface area (Å²) in [4.78, 5) is 31.9. The predicted octanol–water partition coefficient (Wildman–Crippen LogP) is 2.01. The van der Waals surface area contributed by atoms with Gasteiger partial charge < -0.3 is 4.90 Å². The molecule has 4 rings (SSSR count). The van der Waals surface area contributed by atoms with Crippen LogP contribution in [0.1, 0.15) is 32.1 Å². The minimum atomic E-state index is -3.11. The largest absolute Gasteiger partial charge is 0.334 e. The summed E-state index contributed by atoms with van der Waals surface area (Å²) in [6.07, 6.45) is 5.65. The summed E-state index contributed by atoms with van der Waals surface area (Å²) in [6, 6.07) is 4.61. The molecule has 0 radical (unpaired) electrons. The van der Waals surface area contributed by atoms with Crippen LogP contribution < -0.4 is 5.56 Å². The maximum absolute atomic E-state index is 13.2. The van der Waals surface area contributed by atoms with Gasteiger partial charge in [0.1, 0.15) is 6.54 Å². The van der Waals surface area contributed by atoms with Gasteiger partial charge in [0.05, 0.1) is 28.7 Å². The van der Waals surface area contributed by atoms with E-state index in [1.165, 1.54) is 10.9 Å². The number of nitrogens with zero attached hydrogens (tertiary/aromatic N) is 3. The fourth-order valence-electron chi connectivity index (χ4n) is 4.35. The molecular weight excluding hydrogens is 402 g/mol. The van der Waals surface area contributed by atoms with E-state index >= 15 is 0 Å². The van der Waals surface area contributed by atoms with Gasteiger partial charge in [-0.3, -0.25) is 14.2 Å². The Labute approximate surface area is 168 Å². The second-order valence-corrected chi connectivity index (χ2v) is 10.3. The Hall–Kier alpha value is -1.93. The van der Waals surface area contributed by atoms with Crippen LogP contribution in [0.15, 0.2) is 29.3 Å². The SMILES string of the molecule is O=C(Cn1cnc2ccc(Cl)cc2c1=O)N(C1CCCC1)C1CCS(=O)(=O)C1. The zero-order valence-electron chi connectivity index (χ0n) is 15.4. The maximum atomic E-state index is 13.2. The molecule has 1 aromatic carbocycles. The van der Waals surface area contributed by atoms with E-state index in [0.29, 0.717) is 22.3 Å². The molecule has 9 heteroatoms. The molecule has 1 aliphatic carbocycles. The number of carbonyl (C=O) groups is 1. The Morgan fingerprint density at radius 1 is 1.21 bits per heavy atom. The first-order valence-corrected chi connectivity index (χ1v) is 11.7. The summed E-state index contributed by atoms with van der Waals surface area (Å²) >= 11 is 5.99. The van der Waals surface area contributed by atoms with Crippen molar-refractivity contribution in [2.24, 2.45) is 0 Å². The van der Waals surface area contributed by atoms with E-state index in [-0.39, 0.29) is 41.6 Å². The molecule has 2 aliphatic rings. The molecule has 2 aromatic rings. The van der Waals surface area contributed by atoms with Crippen molar-refractivity contribution in [2.75, 3.05) is 11.5 Å². The Morgan fingerprint density at radius 2 is 1.96 bits per heavy atom. The van der Waals surface area contributed by atoms with Gasteiger partial charge in [0.15, 0.2) is 9.84 Å². The highest BCUT2D eigenvalue weighted by Gasteiger charge is 2.39. The molecule has 2 heterocycles. The Morgan fingerprint density at radius 3 is 2.64 bits per heavy atom. The predicted molar refractivity (Wildman–Crippen MR) is 107 cm³/mol. The highest BCUT2D eigenvalue weighted by atomic mass is 35.5. The molecule has 1 aromatic heterocycles. The van der Waals surface area contributed by atoms with Gasteiger partial charge in [-0.1, -0.05) is 24.4 Å². The summed E-state index contributed by atoms with van der Waals surface area (Å²) in [5, 5.41) is 0.790. The number of amides is 1. The molecule has 0 bridgehead atoms. The van der Waals surface area contributed by atoms with Crippen molar-refractivity contribution in [3.05, 3.63) is 39.9 Å². The highest BCUT2D eigenvalue weighted by Crippen LogP contribution is 2.29. The molecule has 1 amide bonds. The van der Waals surface area contributed by atoms with E-state index in [9.17, 15) is 18.0 Å². The van der Waals surface area contributed by atoms with E-state index in [1.807, 2.05) is 0 Å². The maximum Gasteiger partial charge on any atom is 0.261 e. The number of fused-ring (bicyclic) bond motifs is 1. The number of halogens is 1. The lowest BCUT2D eigenvalue weighted by Gasteiger charge is -2.34. The number of rotatable bonds is 4. The topological polar surface area (TPSA) is 89.3 Å².